The van der Waals surface area contributed by atoms with Crippen LogP contribution in [0, 0.1) is 28.6 Å². The summed E-state index contributed by atoms with van der Waals surface area (Å²) in [6.07, 6.45) is 5.08. The average Bonchev–Trinajstić information content (AvgIpc) is 2.93. The van der Waals surface area contributed by atoms with E-state index in [0.717, 1.165) is 24.8 Å². The van der Waals surface area contributed by atoms with Crippen molar-refractivity contribution in [1.82, 2.24) is 0 Å². The summed E-state index contributed by atoms with van der Waals surface area (Å²) in [5, 5.41) is 20.9. The van der Waals surface area contributed by atoms with Gasteiger partial charge in [-0.25, -0.2) is 0 Å². The second kappa shape index (κ2) is 7.10. The number of carbonyl (C=O) groups excluding carboxylic acids is 2. The molecule has 0 amide bonds. The molecule has 8 heteroatoms. The zero-order valence-electron chi connectivity index (χ0n) is 17.0. The maximum Gasteiger partial charge on any atom is 0.317 e. The third-order valence-electron chi connectivity index (χ3n) is 8.87. The first-order valence-electron chi connectivity index (χ1n) is 10.6. The lowest BCUT2D eigenvalue weighted by Crippen LogP contribution is -2.62. The van der Waals surface area contributed by atoms with E-state index in [2.05, 4.69) is 6.92 Å². The highest BCUT2D eigenvalue weighted by molar-refractivity contribution is 7.32. The van der Waals surface area contributed by atoms with Crippen LogP contribution in [0.3, 0.4) is 0 Å². The van der Waals surface area contributed by atoms with Crippen LogP contribution in [0.5, 0.6) is 0 Å². The van der Waals surface area contributed by atoms with Crippen molar-refractivity contribution < 1.29 is 33.8 Å². The van der Waals surface area contributed by atoms with E-state index in [-0.39, 0.29) is 41.8 Å². The number of fused-ring (bicyclic) bond motifs is 5. The topological polar surface area (TPSA) is 121 Å². The van der Waals surface area contributed by atoms with Crippen LogP contribution in [-0.2, 0) is 18.7 Å². The lowest BCUT2D eigenvalue weighted by atomic mass is 9.45. The molecule has 0 aromatic heterocycles. The minimum atomic E-state index is -3.41. The first-order valence-corrected chi connectivity index (χ1v) is 11.8. The molecule has 0 heterocycles. The summed E-state index contributed by atoms with van der Waals surface area (Å²) in [6.45, 7) is 3.27. The molecule has 0 saturated heterocycles. The molecule has 162 valence electrons. The molecule has 3 saturated carbocycles. The standard InChI is InChI=1S/C21H31O7P/c1-19-7-5-13(23)9-12(19)3-4-14-15-6-8-21(17(25)11-22,28-29(26)27)20(15,2)10-16(24)18(14)19/h9,14-16,18,22,24,29H,3-8,10-11H2,1-2H3,(H,26,27)/t14-,15-,16-,18+,19-,20-,21-/m0/s1. The molecule has 29 heavy (non-hydrogen) atoms. The SMILES string of the molecule is C[C@]12CCC(=O)C=C1CC[C@@H]1[C@@H]2[C@@H](O)C[C@@]2(C)[C@H]1CC[C@]2(O[PH](=O)O)C(=O)CO. The van der Waals surface area contributed by atoms with Gasteiger partial charge in [0.1, 0.15) is 12.2 Å². The van der Waals surface area contributed by atoms with Crippen molar-refractivity contribution in [2.75, 3.05) is 6.61 Å². The third kappa shape index (κ3) is 2.89. The quantitative estimate of drug-likeness (QED) is 0.589. The number of rotatable bonds is 4. The molecular weight excluding hydrogens is 395 g/mol. The molecule has 0 aromatic rings. The molecule has 4 aliphatic carbocycles. The first kappa shape index (κ1) is 21.4. The van der Waals surface area contributed by atoms with Crippen LogP contribution in [0.2, 0.25) is 0 Å². The van der Waals surface area contributed by atoms with Gasteiger partial charge in [-0.2, -0.15) is 0 Å². The summed E-state index contributed by atoms with van der Waals surface area (Å²) in [7, 11) is -3.41. The number of ketones is 2. The Kier molecular flexibility index (Phi) is 5.23. The van der Waals surface area contributed by atoms with Gasteiger partial charge in [-0.1, -0.05) is 19.4 Å². The Labute approximate surface area is 171 Å². The van der Waals surface area contributed by atoms with Crippen molar-refractivity contribution >= 4 is 19.8 Å². The average molecular weight is 426 g/mol. The van der Waals surface area contributed by atoms with Gasteiger partial charge in [-0.15, -0.1) is 0 Å². The molecule has 3 fully saturated rings. The fraction of sp³-hybridized carbons (Fsp3) is 0.810. The predicted molar refractivity (Wildman–Crippen MR) is 105 cm³/mol. The Morgan fingerprint density at radius 2 is 2.00 bits per heavy atom. The van der Waals surface area contributed by atoms with Gasteiger partial charge in [0.05, 0.1) is 6.10 Å². The van der Waals surface area contributed by atoms with E-state index in [1.807, 2.05) is 6.92 Å². The smallest absolute Gasteiger partial charge is 0.317 e. The summed E-state index contributed by atoms with van der Waals surface area (Å²) in [6, 6.07) is 0. The van der Waals surface area contributed by atoms with E-state index >= 15 is 0 Å². The monoisotopic (exact) mass is 426 g/mol. The van der Waals surface area contributed by atoms with Crippen LogP contribution in [0.15, 0.2) is 11.6 Å². The molecule has 4 aliphatic rings. The zero-order chi connectivity index (χ0) is 21.2. The number of allylic oxidation sites excluding steroid dienone is 1. The van der Waals surface area contributed by atoms with E-state index in [1.165, 1.54) is 0 Å². The van der Waals surface area contributed by atoms with Gasteiger partial charge in [0.25, 0.3) is 0 Å². The van der Waals surface area contributed by atoms with Crippen LogP contribution >= 0.6 is 8.25 Å². The predicted octanol–water partition coefficient (Wildman–Crippen LogP) is 2.19. The Bertz CT molecular complexity index is 794. The van der Waals surface area contributed by atoms with E-state index in [1.54, 1.807) is 6.08 Å². The van der Waals surface area contributed by atoms with Gasteiger partial charge >= 0.3 is 8.25 Å². The third-order valence-corrected chi connectivity index (χ3v) is 9.40. The van der Waals surface area contributed by atoms with Gasteiger partial charge in [0.15, 0.2) is 11.6 Å². The van der Waals surface area contributed by atoms with Crippen LogP contribution < -0.4 is 0 Å². The number of hydrogen-bond acceptors (Lipinski definition) is 6. The molecule has 0 radical (unpaired) electrons. The minimum Gasteiger partial charge on any atom is -0.393 e. The summed E-state index contributed by atoms with van der Waals surface area (Å²) in [4.78, 5) is 34.3. The van der Waals surface area contributed by atoms with Gasteiger partial charge in [-0.3, -0.25) is 18.7 Å². The van der Waals surface area contributed by atoms with Crippen LogP contribution in [-0.4, -0.2) is 45.0 Å². The highest BCUT2D eigenvalue weighted by Crippen LogP contribution is 2.69. The molecule has 0 bridgehead atoms. The zero-order valence-corrected chi connectivity index (χ0v) is 18.0. The maximum absolute atomic E-state index is 12.8. The van der Waals surface area contributed by atoms with Crippen molar-refractivity contribution in [2.24, 2.45) is 28.6 Å². The maximum atomic E-state index is 12.8. The fourth-order valence-electron chi connectivity index (χ4n) is 7.63. The van der Waals surface area contributed by atoms with Crippen molar-refractivity contribution in [3.05, 3.63) is 11.6 Å². The summed E-state index contributed by atoms with van der Waals surface area (Å²) in [5.41, 5.74) is -1.47. The van der Waals surface area contributed by atoms with Gasteiger partial charge in [0, 0.05) is 11.8 Å². The largest absolute Gasteiger partial charge is 0.393 e. The Morgan fingerprint density at radius 1 is 1.28 bits per heavy atom. The van der Waals surface area contributed by atoms with Crippen molar-refractivity contribution in [3.63, 3.8) is 0 Å². The van der Waals surface area contributed by atoms with E-state index in [4.69, 9.17) is 4.52 Å². The molecule has 0 aliphatic heterocycles. The van der Waals surface area contributed by atoms with Crippen LogP contribution in [0.25, 0.3) is 0 Å². The molecule has 3 N–H and O–H groups in total. The van der Waals surface area contributed by atoms with Gasteiger partial charge in [0.2, 0.25) is 0 Å². The summed E-state index contributed by atoms with van der Waals surface area (Å²) >= 11 is 0. The molecule has 0 aromatic carbocycles. The number of carbonyl (C=O) groups is 2. The Morgan fingerprint density at radius 3 is 2.66 bits per heavy atom. The van der Waals surface area contributed by atoms with E-state index in [0.29, 0.717) is 12.8 Å². The molecule has 7 nitrogen and oxygen atoms in total. The lowest BCUT2D eigenvalue weighted by molar-refractivity contribution is -0.176. The fourth-order valence-corrected chi connectivity index (χ4v) is 8.38. The van der Waals surface area contributed by atoms with Gasteiger partial charge < -0.3 is 15.1 Å². The van der Waals surface area contributed by atoms with E-state index < -0.39 is 37.8 Å². The molecular formula is C21H31O7P. The van der Waals surface area contributed by atoms with Crippen LogP contribution in [0.1, 0.15) is 58.8 Å². The van der Waals surface area contributed by atoms with E-state index in [9.17, 15) is 29.3 Å². The molecule has 8 atom stereocenters. The normalized spacial score (nSPS) is 47.6. The Balaban J connectivity index is 1.76. The highest BCUT2D eigenvalue weighted by atomic mass is 31.1. The summed E-state index contributed by atoms with van der Waals surface area (Å²) in [5.74, 6) is -0.256. The second-order valence-electron chi connectivity index (χ2n) is 9.89. The molecule has 0 spiro atoms. The second-order valence-corrected chi connectivity index (χ2v) is 10.6. The highest BCUT2D eigenvalue weighted by Gasteiger charge is 2.69. The van der Waals surface area contributed by atoms with Crippen molar-refractivity contribution in [2.45, 2.75) is 70.5 Å². The number of aliphatic hydroxyl groups excluding tert-OH is 2. The van der Waals surface area contributed by atoms with Crippen molar-refractivity contribution in [3.8, 4) is 0 Å². The number of hydrogen-bond donors (Lipinski definition) is 3. The lowest BCUT2D eigenvalue weighted by Gasteiger charge is -2.60. The Hall–Kier alpha value is -0.850. The summed E-state index contributed by atoms with van der Waals surface area (Å²) < 4.78 is 17.1. The molecule has 4 rings (SSSR count). The van der Waals surface area contributed by atoms with Crippen molar-refractivity contribution in [1.29, 1.82) is 0 Å². The number of Topliss-reactive ketones (excluding diaryl/α,β-unsaturated/α-hetero) is 1. The first-order chi connectivity index (χ1) is 13.6. The van der Waals surface area contributed by atoms with Crippen LogP contribution in [0.4, 0.5) is 0 Å². The number of aliphatic hydroxyl groups is 2. The minimum absolute atomic E-state index is 0.0140. The van der Waals surface area contributed by atoms with Gasteiger partial charge in [-0.05, 0) is 67.8 Å². The molecule has 1 unspecified atom stereocenters.